The highest BCUT2D eigenvalue weighted by molar-refractivity contribution is 4.89. The molecule has 1 rings (SSSR count). The lowest BCUT2D eigenvalue weighted by Crippen LogP contribution is -2.59. The van der Waals surface area contributed by atoms with Crippen molar-refractivity contribution >= 4 is 0 Å². The highest BCUT2D eigenvalue weighted by Crippen LogP contribution is 2.22. The largest absolute Gasteiger partial charge is 0.394 e. The molecule has 4 N–H and O–H groups in total. The molecular formula is C9H18O6. The monoisotopic (exact) mass is 222 g/mol. The minimum Gasteiger partial charge on any atom is -0.394 e. The van der Waals surface area contributed by atoms with Crippen LogP contribution in [0.25, 0.3) is 0 Å². The predicted octanol–water partition coefficient (Wildman–Crippen LogP) is -1.79. The van der Waals surface area contributed by atoms with Crippen LogP contribution in [0.4, 0.5) is 0 Å². The molecule has 15 heavy (non-hydrogen) atoms. The fourth-order valence-electron chi connectivity index (χ4n) is 1.51. The number of rotatable bonds is 4. The van der Waals surface area contributed by atoms with Crippen LogP contribution < -0.4 is 0 Å². The third kappa shape index (κ3) is 2.87. The minimum atomic E-state index is -1.33. The van der Waals surface area contributed by atoms with Crippen molar-refractivity contribution < 1.29 is 29.9 Å². The number of ether oxygens (including phenoxy) is 2. The summed E-state index contributed by atoms with van der Waals surface area (Å²) < 4.78 is 10.1. The van der Waals surface area contributed by atoms with Gasteiger partial charge in [0, 0.05) is 6.61 Å². The van der Waals surface area contributed by atoms with E-state index in [1.807, 2.05) is 6.92 Å². The summed E-state index contributed by atoms with van der Waals surface area (Å²) in [6, 6.07) is 0. The zero-order chi connectivity index (χ0) is 11.4. The zero-order valence-corrected chi connectivity index (χ0v) is 8.61. The molecule has 0 aliphatic carbocycles. The molecule has 0 amide bonds. The van der Waals surface area contributed by atoms with Crippen LogP contribution in [-0.4, -0.2) is 64.3 Å². The number of aliphatic hydroxyl groups excluding tert-OH is 4. The fourth-order valence-corrected chi connectivity index (χ4v) is 1.51. The Balaban J connectivity index is 2.58. The van der Waals surface area contributed by atoms with Gasteiger partial charge in [-0.1, -0.05) is 6.92 Å². The van der Waals surface area contributed by atoms with Gasteiger partial charge in [0.05, 0.1) is 6.61 Å². The Labute approximate surface area is 88.1 Å². The van der Waals surface area contributed by atoms with Gasteiger partial charge in [-0.25, -0.2) is 0 Å². The summed E-state index contributed by atoms with van der Waals surface area (Å²) in [7, 11) is 0. The van der Waals surface area contributed by atoms with Gasteiger partial charge in [-0.3, -0.25) is 0 Å². The SMILES string of the molecule is CCCO[C@@H]1[C@@H](O)[C@H](O)[C@@H](CO)O[C@@H]1O. The first-order chi connectivity index (χ1) is 7.11. The summed E-state index contributed by atoms with van der Waals surface area (Å²) in [4.78, 5) is 0. The van der Waals surface area contributed by atoms with Crippen LogP contribution in [0.15, 0.2) is 0 Å². The summed E-state index contributed by atoms with van der Waals surface area (Å²) in [5, 5.41) is 37.4. The molecule has 0 bridgehead atoms. The molecule has 5 atom stereocenters. The molecule has 1 heterocycles. The summed E-state index contributed by atoms with van der Waals surface area (Å²) >= 11 is 0. The molecule has 0 saturated carbocycles. The topological polar surface area (TPSA) is 99.4 Å². The molecule has 6 nitrogen and oxygen atoms in total. The van der Waals surface area contributed by atoms with Crippen molar-refractivity contribution in [1.82, 2.24) is 0 Å². The van der Waals surface area contributed by atoms with Gasteiger partial charge < -0.3 is 29.9 Å². The molecule has 0 radical (unpaired) electrons. The lowest BCUT2D eigenvalue weighted by atomic mass is 9.99. The van der Waals surface area contributed by atoms with E-state index in [-0.39, 0.29) is 0 Å². The molecule has 0 unspecified atom stereocenters. The Morgan fingerprint density at radius 1 is 1.20 bits per heavy atom. The van der Waals surface area contributed by atoms with Crippen molar-refractivity contribution in [2.24, 2.45) is 0 Å². The van der Waals surface area contributed by atoms with E-state index in [1.165, 1.54) is 0 Å². The lowest BCUT2D eigenvalue weighted by Gasteiger charge is -2.39. The fraction of sp³-hybridized carbons (Fsp3) is 1.00. The van der Waals surface area contributed by atoms with E-state index >= 15 is 0 Å². The van der Waals surface area contributed by atoms with Crippen LogP contribution in [0, 0.1) is 0 Å². The van der Waals surface area contributed by atoms with Gasteiger partial charge in [0.15, 0.2) is 6.29 Å². The van der Waals surface area contributed by atoms with Gasteiger partial charge in [-0.05, 0) is 6.42 Å². The highest BCUT2D eigenvalue weighted by Gasteiger charge is 2.44. The second-order valence-electron chi connectivity index (χ2n) is 3.56. The Morgan fingerprint density at radius 2 is 1.87 bits per heavy atom. The Hall–Kier alpha value is -0.240. The molecule has 0 aromatic carbocycles. The third-order valence-electron chi connectivity index (χ3n) is 2.36. The maximum Gasteiger partial charge on any atom is 0.184 e. The number of aliphatic hydroxyl groups is 4. The second kappa shape index (κ2) is 5.74. The summed E-state index contributed by atoms with van der Waals surface area (Å²) in [5.41, 5.74) is 0. The number of hydrogen-bond acceptors (Lipinski definition) is 6. The molecule has 0 aromatic rings. The van der Waals surface area contributed by atoms with Crippen molar-refractivity contribution in [3.05, 3.63) is 0 Å². The van der Waals surface area contributed by atoms with Gasteiger partial charge in [-0.2, -0.15) is 0 Å². The van der Waals surface area contributed by atoms with Crippen molar-refractivity contribution in [1.29, 1.82) is 0 Å². The second-order valence-corrected chi connectivity index (χ2v) is 3.56. The first-order valence-electron chi connectivity index (χ1n) is 5.04. The van der Waals surface area contributed by atoms with Gasteiger partial charge >= 0.3 is 0 Å². The maximum absolute atomic E-state index is 9.61. The average molecular weight is 222 g/mol. The van der Waals surface area contributed by atoms with Crippen LogP contribution in [0.2, 0.25) is 0 Å². The summed E-state index contributed by atoms with van der Waals surface area (Å²) in [6.45, 7) is 1.78. The van der Waals surface area contributed by atoms with Gasteiger partial charge in [0.2, 0.25) is 0 Å². The predicted molar refractivity (Wildman–Crippen MR) is 50.0 cm³/mol. The Kier molecular flexibility index (Phi) is 4.91. The first kappa shape index (κ1) is 12.8. The molecule has 1 fully saturated rings. The third-order valence-corrected chi connectivity index (χ3v) is 2.36. The van der Waals surface area contributed by atoms with E-state index in [1.54, 1.807) is 0 Å². The van der Waals surface area contributed by atoms with Crippen molar-refractivity contribution in [2.45, 2.75) is 44.1 Å². The summed E-state index contributed by atoms with van der Waals surface area (Å²) in [5.74, 6) is 0. The average Bonchev–Trinajstić information content (AvgIpc) is 2.23. The Morgan fingerprint density at radius 3 is 2.40 bits per heavy atom. The summed E-state index contributed by atoms with van der Waals surface area (Å²) in [6.07, 6.45) is -5.04. The van der Waals surface area contributed by atoms with Crippen molar-refractivity contribution in [2.75, 3.05) is 13.2 Å². The molecule has 1 aliphatic heterocycles. The molecule has 1 saturated heterocycles. The smallest absolute Gasteiger partial charge is 0.184 e. The molecule has 1 aliphatic rings. The lowest BCUT2D eigenvalue weighted by molar-refractivity contribution is -0.296. The minimum absolute atomic E-state index is 0.360. The Bertz CT molecular complexity index is 187. The molecule has 6 heteroatoms. The molecule has 90 valence electrons. The first-order valence-corrected chi connectivity index (χ1v) is 5.04. The van der Waals surface area contributed by atoms with E-state index in [9.17, 15) is 15.3 Å². The van der Waals surface area contributed by atoms with Crippen molar-refractivity contribution in [3.63, 3.8) is 0 Å². The van der Waals surface area contributed by atoms with Gasteiger partial charge in [0.25, 0.3) is 0 Å². The number of hydrogen-bond donors (Lipinski definition) is 4. The normalized spacial score (nSPS) is 41.8. The van der Waals surface area contributed by atoms with Gasteiger partial charge in [0.1, 0.15) is 24.4 Å². The van der Waals surface area contributed by atoms with Crippen LogP contribution in [-0.2, 0) is 9.47 Å². The van der Waals surface area contributed by atoms with Crippen molar-refractivity contribution in [3.8, 4) is 0 Å². The molecule has 0 aromatic heterocycles. The van der Waals surface area contributed by atoms with E-state index < -0.39 is 37.3 Å². The zero-order valence-electron chi connectivity index (χ0n) is 8.61. The van der Waals surface area contributed by atoms with E-state index in [4.69, 9.17) is 14.6 Å². The quantitative estimate of drug-likeness (QED) is 0.448. The molecular weight excluding hydrogens is 204 g/mol. The van der Waals surface area contributed by atoms with Gasteiger partial charge in [-0.15, -0.1) is 0 Å². The highest BCUT2D eigenvalue weighted by atomic mass is 16.7. The van der Waals surface area contributed by atoms with E-state index in [0.717, 1.165) is 6.42 Å². The van der Waals surface area contributed by atoms with Crippen LogP contribution in [0.5, 0.6) is 0 Å². The standard InChI is InChI=1S/C9H18O6/c1-2-3-14-8-7(12)6(11)5(4-10)15-9(8)13/h5-13H,2-4H2,1H3/t5-,6-,7+,8-,9+/m1/s1. The van der Waals surface area contributed by atoms with Crippen LogP contribution in [0.3, 0.4) is 0 Å². The maximum atomic E-state index is 9.61. The van der Waals surface area contributed by atoms with Crippen LogP contribution in [0.1, 0.15) is 13.3 Å². The van der Waals surface area contributed by atoms with Crippen LogP contribution >= 0.6 is 0 Å². The molecule has 0 spiro atoms. The van der Waals surface area contributed by atoms with E-state index in [2.05, 4.69) is 0 Å². The van der Waals surface area contributed by atoms with E-state index in [0.29, 0.717) is 6.61 Å².